The average Bonchev–Trinajstić information content (AvgIpc) is 2.79. The van der Waals surface area contributed by atoms with Crippen LogP contribution >= 0.6 is 0 Å². The highest BCUT2D eigenvalue weighted by molar-refractivity contribution is 5.67. The first-order valence-electron chi connectivity index (χ1n) is 13.1. The van der Waals surface area contributed by atoms with Crippen molar-refractivity contribution in [2.75, 3.05) is 13.1 Å². The topological polar surface area (TPSA) is 49.8 Å². The van der Waals surface area contributed by atoms with Gasteiger partial charge in [-0.05, 0) is 97.2 Å². The van der Waals surface area contributed by atoms with Gasteiger partial charge in [0.25, 0.3) is 0 Å². The molecule has 2 aromatic rings. The molecule has 0 amide bonds. The van der Waals surface area contributed by atoms with E-state index < -0.39 is 5.97 Å². The minimum atomic E-state index is -0.682. The van der Waals surface area contributed by atoms with Crippen molar-refractivity contribution in [2.24, 2.45) is 17.3 Å². The quantitative estimate of drug-likeness (QED) is 0.479. The lowest BCUT2D eigenvalue weighted by molar-refractivity contribution is -0.138. The smallest absolute Gasteiger partial charge is 0.303 e. The van der Waals surface area contributed by atoms with Gasteiger partial charge in [-0.3, -0.25) is 9.69 Å². The second-order valence-electron chi connectivity index (χ2n) is 11.5. The van der Waals surface area contributed by atoms with Crippen LogP contribution in [0.15, 0.2) is 48.5 Å². The zero-order chi connectivity index (χ0) is 24.1. The van der Waals surface area contributed by atoms with E-state index in [4.69, 9.17) is 9.84 Å². The van der Waals surface area contributed by atoms with Crippen molar-refractivity contribution in [1.29, 1.82) is 0 Å². The number of rotatable bonds is 7. The van der Waals surface area contributed by atoms with Gasteiger partial charge in [-0.15, -0.1) is 0 Å². The number of nitrogens with zero attached hydrogens (tertiary/aromatic N) is 1. The van der Waals surface area contributed by atoms with E-state index in [0.29, 0.717) is 11.5 Å². The van der Waals surface area contributed by atoms with Crippen molar-refractivity contribution < 1.29 is 14.6 Å². The first-order valence-corrected chi connectivity index (χ1v) is 13.1. The summed E-state index contributed by atoms with van der Waals surface area (Å²) >= 11 is 0. The molecule has 1 unspecified atom stereocenters. The van der Waals surface area contributed by atoms with Crippen LogP contribution in [0, 0.1) is 17.3 Å². The molecule has 34 heavy (non-hydrogen) atoms. The Hall–Kier alpha value is -2.33. The lowest BCUT2D eigenvalue weighted by Crippen LogP contribution is -2.35. The van der Waals surface area contributed by atoms with E-state index in [0.717, 1.165) is 57.0 Å². The molecule has 1 heterocycles. The third-order valence-electron chi connectivity index (χ3n) is 7.79. The molecule has 0 spiro atoms. The van der Waals surface area contributed by atoms with E-state index in [1.807, 2.05) is 0 Å². The van der Waals surface area contributed by atoms with Crippen LogP contribution in [0.4, 0.5) is 0 Å². The van der Waals surface area contributed by atoms with Crippen molar-refractivity contribution in [1.82, 2.24) is 4.90 Å². The van der Waals surface area contributed by atoms with Crippen LogP contribution in [0.25, 0.3) is 11.1 Å². The fraction of sp³-hybridized carbons (Fsp3) is 0.567. The Labute approximate surface area is 205 Å². The van der Waals surface area contributed by atoms with Crippen LogP contribution < -0.4 is 4.74 Å². The van der Waals surface area contributed by atoms with Gasteiger partial charge in [-0.25, -0.2) is 0 Å². The Kier molecular flexibility index (Phi) is 7.98. The number of carbonyl (C=O) groups is 1. The SMILES string of the molecule is CC(C)(C)[C@H]1CC[C@H](Oc2ccc(-c3cccc(CN4CCCC(CC(=O)O)C4)c3)cc2)CC1. The van der Waals surface area contributed by atoms with Gasteiger partial charge >= 0.3 is 5.97 Å². The van der Waals surface area contributed by atoms with Gasteiger partial charge in [-0.1, -0.05) is 51.1 Å². The Bertz CT molecular complexity index is 938. The van der Waals surface area contributed by atoms with Crippen LogP contribution in [0.2, 0.25) is 0 Å². The summed E-state index contributed by atoms with van der Waals surface area (Å²) in [6.45, 7) is 9.87. The van der Waals surface area contributed by atoms with E-state index in [-0.39, 0.29) is 12.3 Å². The first-order chi connectivity index (χ1) is 16.3. The fourth-order valence-corrected chi connectivity index (χ4v) is 5.78. The van der Waals surface area contributed by atoms with E-state index in [2.05, 4.69) is 74.2 Å². The normalized spacial score (nSPS) is 24.0. The summed E-state index contributed by atoms with van der Waals surface area (Å²) in [6.07, 6.45) is 7.53. The summed E-state index contributed by atoms with van der Waals surface area (Å²) in [4.78, 5) is 13.5. The molecule has 2 fully saturated rings. The molecule has 1 saturated carbocycles. The number of hydrogen-bond donors (Lipinski definition) is 1. The largest absolute Gasteiger partial charge is 0.490 e. The lowest BCUT2D eigenvalue weighted by atomic mass is 9.72. The maximum Gasteiger partial charge on any atom is 0.303 e. The molecule has 1 atom stereocenters. The maximum absolute atomic E-state index is 11.1. The summed E-state index contributed by atoms with van der Waals surface area (Å²) in [6, 6.07) is 17.3. The summed E-state index contributed by atoms with van der Waals surface area (Å²) < 4.78 is 6.32. The van der Waals surface area contributed by atoms with Crippen LogP contribution in [0.5, 0.6) is 5.75 Å². The van der Waals surface area contributed by atoms with Crippen molar-refractivity contribution in [3.8, 4) is 16.9 Å². The molecule has 184 valence electrons. The minimum Gasteiger partial charge on any atom is -0.490 e. The number of hydrogen-bond acceptors (Lipinski definition) is 3. The van der Waals surface area contributed by atoms with Crippen LogP contribution in [0.3, 0.4) is 0 Å². The molecule has 2 aliphatic rings. The molecular formula is C30H41NO3. The molecule has 1 saturated heterocycles. The Morgan fingerprint density at radius 2 is 1.74 bits per heavy atom. The average molecular weight is 464 g/mol. The third-order valence-corrected chi connectivity index (χ3v) is 7.79. The molecule has 4 nitrogen and oxygen atoms in total. The zero-order valence-corrected chi connectivity index (χ0v) is 21.1. The Morgan fingerprint density at radius 3 is 2.41 bits per heavy atom. The lowest BCUT2D eigenvalue weighted by Gasteiger charge is -2.36. The number of benzene rings is 2. The van der Waals surface area contributed by atoms with Crippen molar-refractivity contribution in [3.05, 3.63) is 54.1 Å². The highest BCUT2D eigenvalue weighted by atomic mass is 16.5. The molecule has 4 rings (SSSR count). The first kappa shape index (κ1) is 24.8. The van der Waals surface area contributed by atoms with Crippen LogP contribution in [-0.2, 0) is 11.3 Å². The van der Waals surface area contributed by atoms with Gasteiger partial charge in [0, 0.05) is 19.5 Å². The highest BCUT2D eigenvalue weighted by Crippen LogP contribution is 2.39. The standard InChI is InChI=1S/C30H41NO3/c1-30(2,3)26-11-15-28(16-12-26)34-27-13-9-24(10-14-27)25-8-4-6-22(18-25)20-31-17-5-7-23(21-31)19-29(32)33/h4,6,8-10,13-14,18,23,26,28H,5,7,11-12,15-17,19-21H2,1-3H3,(H,32,33)/t23?,26-,28-. The monoisotopic (exact) mass is 463 g/mol. The van der Waals surface area contributed by atoms with Crippen LogP contribution in [-0.4, -0.2) is 35.2 Å². The fourth-order valence-electron chi connectivity index (χ4n) is 5.78. The van der Waals surface area contributed by atoms with E-state index in [1.165, 1.54) is 29.5 Å². The van der Waals surface area contributed by atoms with Crippen LogP contribution in [0.1, 0.15) is 71.3 Å². The molecule has 0 aromatic heterocycles. The second-order valence-corrected chi connectivity index (χ2v) is 11.5. The van der Waals surface area contributed by atoms with E-state index in [9.17, 15) is 4.79 Å². The van der Waals surface area contributed by atoms with E-state index >= 15 is 0 Å². The molecule has 2 aromatic carbocycles. The molecule has 4 heteroatoms. The second kappa shape index (κ2) is 10.9. The molecule has 1 aliphatic heterocycles. The summed E-state index contributed by atoms with van der Waals surface area (Å²) in [5, 5.41) is 9.13. The van der Waals surface area contributed by atoms with Gasteiger partial charge in [0.1, 0.15) is 5.75 Å². The van der Waals surface area contributed by atoms with Gasteiger partial charge in [0.05, 0.1) is 6.10 Å². The van der Waals surface area contributed by atoms with Gasteiger partial charge in [0.15, 0.2) is 0 Å². The summed E-state index contributed by atoms with van der Waals surface area (Å²) in [5.41, 5.74) is 4.10. The minimum absolute atomic E-state index is 0.269. The number of carboxylic acid groups (broad SMARTS) is 1. The summed E-state index contributed by atoms with van der Waals surface area (Å²) in [7, 11) is 0. The van der Waals surface area contributed by atoms with Gasteiger partial charge < -0.3 is 9.84 Å². The molecule has 0 radical (unpaired) electrons. The number of likely N-dealkylation sites (tertiary alicyclic amines) is 1. The van der Waals surface area contributed by atoms with Crippen molar-refractivity contribution in [2.45, 2.75) is 78.4 Å². The molecule has 1 N–H and O–H groups in total. The Morgan fingerprint density at radius 1 is 1.00 bits per heavy atom. The molecular weight excluding hydrogens is 422 g/mol. The molecule has 0 bridgehead atoms. The number of carboxylic acids is 1. The number of ether oxygens (including phenoxy) is 1. The van der Waals surface area contributed by atoms with Gasteiger partial charge in [-0.2, -0.15) is 0 Å². The zero-order valence-electron chi connectivity index (χ0n) is 21.1. The predicted molar refractivity (Wildman–Crippen MR) is 138 cm³/mol. The van der Waals surface area contributed by atoms with E-state index in [1.54, 1.807) is 0 Å². The summed E-state index contributed by atoms with van der Waals surface area (Å²) in [5.74, 6) is 1.36. The Balaban J connectivity index is 1.33. The van der Waals surface area contributed by atoms with Gasteiger partial charge in [0.2, 0.25) is 0 Å². The third kappa shape index (κ3) is 6.85. The number of aliphatic carboxylic acids is 1. The highest BCUT2D eigenvalue weighted by Gasteiger charge is 2.30. The number of piperidine rings is 1. The molecule has 1 aliphatic carbocycles. The predicted octanol–water partition coefficient (Wildman–Crippen LogP) is 7.02. The maximum atomic E-state index is 11.1. The van der Waals surface area contributed by atoms with Crippen molar-refractivity contribution >= 4 is 5.97 Å². The van der Waals surface area contributed by atoms with Crippen molar-refractivity contribution in [3.63, 3.8) is 0 Å².